The summed E-state index contributed by atoms with van der Waals surface area (Å²) in [7, 11) is 0. The summed E-state index contributed by atoms with van der Waals surface area (Å²) in [6, 6.07) is 0. The van der Waals surface area contributed by atoms with Crippen molar-refractivity contribution in [3.05, 3.63) is 12.2 Å². The van der Waals surface area contributed by atoms with Gasteiger partial charge in [-0.1, -0.05) is 32.4 Å². The summed E-state index contributed by atoms with van der Waals surface area (Å²) in [4.78, 5) is 0. The number of hydrogen-bond donors (Lipinski definition) is 0. The van der Waals surface area contributed by atoms with Crippen LogP contribution in [0.4, 0.5) is 0 Å². The highest BCUT2D eigenvalue weighted by Gasteiger charge is 2.29. The van der Waals surface area contributed by atoms with Crippen molar-refractivity contribution in [2.24, 2.45) is 11.8 Å². The molecule has 1 rings (SSSR count). The van der Waals surface area contributed by atoms with Gasteiger partial charge in [0.05, 0.1) is 19.3 Å². The predicted molar refractivity (Wildman–Crippen MR) is 96.8 cm³/mol. The lowest BCUT2D eigenvalue weighted by Crippen LogP contribution is -2.32. The first-order chi connectivity index (χ1) is 11.1. The Bertz CT molecular complexity index is 303. The van der Waals surface area contributed by atoms with E-state index in [0.717, 1.165) is 45.0 Å². The van der Waals surface area contributed by atoms with Crippen LogP contribution in [-0.4, -0.2) is 39.1 Å². The van der Waals surface area contributed by atoms with E-state index in [2.05, 4.69) is 27.4 Å². The Hall–Kier alpha value is -0.380. The lowest BCUT2D eigenvalue weighted by Gasteiger charge is -2.35. The molecule has 136 valence electrons. The van der Waals surface area contributed by atoms with Crippen LogP contribution in [0.2, 0.25) is 0 Å². The molecule has 3 heteroatoms. The summed E-state index contributed by atoms with van der Waals surface area (Å²) in [6.45, 7) is 14.8. The molecule has 0 N–H and O–H groups in total. The molecule has 3 nitrogen and oxygen atoms in total. The van der Waals surface area contributed by atoms with E-state index in [0.29, 0.717) is 25.2 Å². The number of rotatable bonds is 13. The molecule has 0 radical (unpaired) electrons. The summed E-state index contributed by atoms with van der Waals surface area (Å²) in [5, 5.41) is 0. The van der Waals surface area contributed by atoms with Crippen molar-refractivity contribution in [2.75, 3.05) is 33.0 Å². The fourth-order valence-electron chi connectivity index (χ4n) is 3.19. The van der Waals surface area contributed by atoms with Crippen molar-refractivity contribution in [1.29, 1.82) is 0 Å². The second kappa shape index (κ2) is 13.0. The average Bonchev–Trinajstić information content (AvgIpc) is 2.52. The van der Waals surface area contributed by atoms with E-state index >= 15 is 0 Å². The molecule has 1 aliphatic carbocycles. The molecule has 3 unspecified atom stereocenters. The molecule has 0 aromatic heterocycles. The Morgan fingerprint density at radius 1 is 0.957 bits per heavy atom. The van der Waals surface area contributed by atoms with Crippen molar-refractivity contribution in [2.45, 2.75) is 71.8 Å². The smallest absolute Gasteiger partial charge is 0.0704 e. The molecule has 23 heavy (non-hydrogen) atoms. The SMILES string of the molecule is C=C(C)C1CCC(C)CC1OCCOCCCCOCCCC. The molecule has 0 aromatic carbocycles. The molecule has 0 spiro atoms. The molecule has 3 atom stereocenters. The number of hydrogen-bond acceptors (Lipinski definition) is 3. The minimum atomic E-state index is 0.340. The highest BCUT2D eigenvalue weighted by atomic mass is 16.5. The van der Waals surface area contributed by atoms with E-state index in [1.54, 1.807) is 0 Å². The van der Waals surface area contributed by atoms with Gasteiger partial charge in [-0.15, -0.1) is 0 Å². The third-order valence-electron chi connectivity index (χ3n) is 4.72. The van der Waals surface area contributed by atoms with Gasteiger partial charge in [-0.25, -0.2) is 0 Å². The van der Waals surface area contributed by atoms with Gasteiger partial charge in [0, 0.05) is 25.7 Å². The summed E-state index contributed by atoms with van der Waals surface area (Å²) in [6.07, 6.45) is 8.55. The Kier molecular flexibility index (Phi) is 11.7. The topological polar surface area (TPSA) is 27.7 Å². The monoisotopic (exact) mass is 326 g/mol. The maximum atomic E-state index is 6.09. The van der Waals surface area contributed by atoms with Crippen molar-refractivity contribution in [1.82, 2.24) is 0 Å². The van der Waals surface area contributed by atoms with Gasteiger partial charge in [-0.3, -0.25) is 0 Å². The molecule has 0 amide bonds. The van der Waals surface area contributed by atoms with Gasteiger partial charge < -0.3 is 14.2 Å². The first-order valence-electron chi connectivity index (χ1n) is 9.57. The van der Waals surface area contributed by atoms with Gasteiger partial charge in [0.2, 0.25) is 0 Å². The molecule has 0 aromatic rings. The lowest BCUT2D eigenvalue weighted by atomic mass is 9.78. The first kappa shape index (κ1) is 20.7. The van der Waals surface area contributed by atoms with Gasteiger partial charge in [-0.05, 0) is 51.4 Å². The van der Waals surface area contributed by atoms with Crippen LogP contribution in [0.25, 0.3) is 0 Å². The maximum Gasteiger partial charge on any atom is 0.0704 e. The van der Waals surface area contributed by atoms with Crippen molar-refractivity contribution < 1.29 is 14.2 Å². The molecule has 1 aliphatic rings. The molecular formula is C20H38O3. The second-order valence-corrected chi connectivity index (χ2v) is 7.07. The van der Waals surface area contributed by atoms with Crippen LogP contribution in [0.5, 0.6) is 0 Å². The Balaban J connectivity index is 1.98. The van der Waals surface area contributed by atoms with E-state index in [1.165, 1.54) is 31.3 Å². The van der Waals surface area contributed by atoms with E-state index in [-0.39, 0.29) is 0 Å². The van der Waals surface area contributed by atoms with Gasteiger partial charge in [0.1, 0.15) is 0 Å². The Morgan fingerprint density at radius 3 is 2.26 bits per heavy atom. The fraction of sp³-hybridized carbons (Fsp3) is 0.900. The third kappa shape index (κ3) is 9.49. The van der Waals surface area contributed by atoms with Crippen LogP contribution in [-0.2, 0) is 14.2 Å². The summed E-state index contributed by atoms with van der Waals surface area (Å²) < 4.78 is 17.3. The average molecular weight is 327 g/mol. The predicted octanol–water partition coefficient (Wildman–Crippen LogP) is 5.00. The van der Waals surface area contributed by atoms with Crippen LogP contribution >= 0.6 is 0 Å². The molecule has 0 aliphatic heterocycles. The molecule has 0 heterocycles. The van der Waals surface area contributed by atoms with Crippen LogP contribution < -0.4 is 0 Å². The van der Waals surface area contributed by atoms with Crippen molar-refractivity contribution >= 4 is 0 Å². The van der Waals surface area contributed by atoms with Crippen molar-refractivity contribution in [3.63, 3.8) is 0 Å². The van der Waals surface area contributed by atoms with Gasteiger partial charge >= 0.3 is 0 Å². The normalized spacial score (nSPS) is 24.7. The Morgan fingerprint density at radius 2 is 1.61 bits per heavy atom. The lowest BCUT2D eigenvalue weighted by molar-refractivity contribution is -0.0390. The standard InChI is InChI=1S/C20H38O3/c1-5-6-11-21-12-7-8-13-22-14-15-23-20-16-18(4)9-10-19(20)17(2)3/h18-20H,2,5-16H2,1,3-4H3. The highest BCUT2D eigenvalue weighted by Crippen LogP contribution is 2.34. The summed E-state index contributed by atoms with van der Waals surface area (Å²) >= 11 is 0. The zero-order valence-electron chi connectivity index (χ0n) is 15.6. The maximum absolute atomic E-state index is 6.09. The van der Waals surface area contributed by atoms with Gasteiger partial charge in [-0.2, -0.15) is 0 Å². The van der Waals surface area contributed by atoms with E-state index in [9.17, 15) is 0 Å². The van der Waals surface area contributed by atoms with Crippen LogP contribution in [0.15, 0.2) is 12.2 Å². The number of unbranched alkanes of at least 4 members (excludes halogenated alkanes) is 2. The first-order valence-corrected chi connectivity index (χ1v) is 9.57. The van der Waals surface area contributed by atoms with Gasteiger partial charge in [0.15, 0.2) is 0 Å². The largest absolute Gasteiger partial charge is 0.381 e. The van der Waals surface area contributed by atoms with E-state index < -0.39 is 0 Å². The molecule has 0 saturated heterocycles. The minimum Gasteiger partial charge on any atom is -0.381 e. The quantitative estimate of drug-likeness (QED) is 0.352. The molecular weight excluding hydrogens is 288 g/mol. The fourth-order valence-corrected chi connectivity index (χ4v) is 3.19. The minimum absolute atomic E-state index is 0.340. The van der Waals surface area contributed by atoms with Crippen LogP contribution in [0.1, 0.15) is 65.7 Å². The zero-order valence-corrected chi connectivity index (χ0v) is 15.6. The van der Waals surface area contributed by atoms with Crippen molar-refractivity contribution in [3.8, 4) is 0 Å². The molecule has 0 bridgehead atoms. The molecule has 1 saturated carbocycles. The van der Waals surface area contributed by atoms with E-state index in [4.69, 9.17) is 14.2 Å². The summed E-state index contributed by atoms with van der Waals surface area (Å²) in [5.74, 6) is 1.30. The summed E-state index contributed by atoms with van der Waals surface area (Å²) in [5.41, 5.74) is 1.27. The zero-order chi connectivity index (χ0) is 16.9. The highest BCUT2D eigenvalue weighted by molar-refractivity contribution is 5.02. The van der Waals surface area contributed by atoms with Crippen LogP contribution in [0.3, 0.4) is 0 Å². The van der Waals surface area contributed by atoms with E-state index in [1.807, 2.05) is 0 Å². The second-order valence-electron chi connectivity index (χ2n) is 7.07. The van der Waals surface area contributed by atoms with Crippen LogP contribution in [0, 0.1) is 11.8 Å². The Labute approximate surface area is 143 Å². The van der Waals surface area contributed by atoms with Gasteiger partial charge in [0.25, 0.3) is 0 Å². The third-order valence-corrected chi connectivity index (χ3v) is 4.72. The molecule has 1 fully saturated rings. The number of ether oxygens (including phenoxy) is 3.